The van der Waals surface area contributed by atoms with Gasteiger partial charge in [-0.1, -0.05) is 18.9 Å². The van der Waals surface area contributed by atoms with Crippen LogP contribution in [-0.2, 0) is 10.0 Å². The smallest absolute Gasteiger partial charge is 0.262 e. The number of benzene rings is 1. The molecule has 0 atom stereocenters. The second-order valence-corrected chi connectivity index (χ2v) is 9.75. The van der Waals surface area contributed by atoms with Crippen molar-refractivity contribution < 1.29 is 17.9 Å². The van der Waals surface area contributed by atoms with Crippen molar-refractivity contribution in [2.75, 3.05) is 42.9 Å². The first-order valence-corrected chi connectivity index (χ1v) is 12.4. The average molecular weight is 460 g/mol. The molecule has 10 heteroatoms. The van der Waals surface area contributed by atoms with Crippen LogP contribution in [0.1, 0.15) is 36.0 Å². The number of rotatable bonds is 7. The summed E-state index contributed by atoms with van der Waals surface area (Å²) < 4.78 is 33.5. The summed E-state index contributed by atoms with van der Waals surface area (Å²) in [6.07, 6.45) is 5.60. The number of hydrogen-bond donors (Lipinski definition) is 3. The van der Waals surface area contributed by atoms with Crippen LogP contribution < -0.4 is 25.0 Å². The van der Waals surface area contributed by atoms with Crippen LogP contribution in [0.4, 0.5) is 11.5 Å². The number of hydrogen-bond acceptors (Lipinski definition) is 7. The number of aromatic nitrogens is 1. The lowest BCUT2D eigenvalue weighted by Crippen LogP contribution is -2.45. The molecule has 9 nitrogen and oxygen atoms in total. The lowest BCUT2D eigenvalue weighted by Gasteiger charge is -2.30. The number of sulfonamides is 1. The van der Waals surface area contributed by atoms with E-state index < -0.39 is 10.0 Å². The summed E-state index contributed by atoms with van der Waals surface area (Å²) in [5, 5.41) is 6.39. The van der Waals surface area contributed by atoms with Gasteiger partial charge in [0, 0.05) is 38.3 Å². The molecule has 1 aromatic heterocycles. The first-order valence-electron chi connectivity index (χ1n) is 10.9. The molecule has 2 aliphatic rings. The summed E-state index contributed by atoms with van der Waals surface area (Å²) in [4.78, 5) is 19.8. The maximum absolute atomic E-state index is 13.1. The van der Waals surface area contributed by atoms with Crippen molar-refractivity contribution >= 4 is 27.4 Å². The van der Waals surface area contributed by atoms with Crippen molar-refractivity contribution in [2.24, 2.45) is 0 Å². The maximum atomic E-state index is 13.1. The summed E-state index contributed by atoms with van der Waals surface area (Å²) in [6.45, 7) is 3.06. The lowest BCUT2D eigenvalue weighted by atomic mass is 10.1. The van der Waals surface area contributed by atoms with Crippen LogP contribution >= 0.6 is 0 Å². The molecule has 1 aromatic carbocycles. The molecule has 0 radical (unpaired) electrons. The SMILES string of the molecule is COc1cccc(S(=O)(=O)Nc2cnc(N3CCNCC3)c(C(=O)NC3CCCC3)c2)c1. The molecule has 172 valence electrons. The molecule has 0 unspecified atom stereocenters. The predicted octanol–water partition coefficient (Wildman–Crippen LogP) is 1.97. The Labute approximate surface area is 188 Å². The fourth-order valence-electron chi connectivity index (χ4n) is 4.12. The number of pyridine rings is 1. The van der Waals surface area contributed by atoms with Crippen LogP contribution in [0.25, 0.3) is 0 Å². The zero-order valence-electron chi connectivity index (χ0n) is 18.1. The van der Waals surface area contributed by atoms with E-state index in [1.54, 1.807) is 18.2 Å². The summed E-state index contributed by atoms with van der Waals surface area (Å²) in [5.41, 5.74) is 0.618. The third kappa shape index (κ3) is 5.13. The number of ether oxygens (including phenoxy) is 1. The van der Waals surface area contributed by atoms with Gasteiger partial charge in [0.05, 0.1) is 29.5 Å². The topological polar surface area (TPSA) is 113 Å². The van der Waals surface area contributed by atoms with Crippen molar-refractivity contribution in [2.45, 2.75) is 36.6 Å². The quantitative estimate of drug-likeness (QED) is 0.580. The molecular weight excluding hydrogens is 430 g/mol. The van der Waals surface area contributed by atoms with E-state index in [0.29, 0.717) is 17.1 Å². The highest BCUT2D eigenvalue weighted by Gasteiger charge is 2.25. The standard InChI is InChI=1S/C22H29N5O4S/c1-31-18-7-4-8-19(14-18)32(29,30)26-17-13-20(22(28)25-16-5-2-3-6-16)21(24-15-17)27-11-9-23-10-12-27/h4,7-8,13-16,23,26H,2-3,5-6,9-12H2,1H3,(H,25,28). The van der Waals surface area contributed by atoms with Crippen molar-refractivity contribution in [1.82, 2.24) is 15.6 Å². The van der Waals surface area contributed by atoms with Gasteiger partial charge in [0.1, 0.15) is 11.6 Å². The van der Waals surface area contributed by atoms with E-state index in [1.165, 1.54) is 25.4 Å². The molecule has 0 bridgehead atoms. The number of nitrogens with zero attached hydrogens (tertiary/aromatic N) is 2. The number of amides is 1. The average Bonchev–Trinajstić information content (AvgIpc) is 3.32. The van der Waals surface area contributed by atoms with E-state index >= 15 is 0 Å². The minimum Gasteiger partial charge on any atom is -0.497 e. The fraction of sp³-hybridized carbons (Fsp3) is 0.455. The zero-order valence-corrected chi connectivity index (χ0v) is 19.0. The Morgan fingerprint density at radius 1 is 1.19 bits per heavy atom. The molecule has 2 heterocycles. The Hall–Kier alpha value is -2.85. The van der Waals surface area contributed by atoms with Gasteiger partial charge in [-0.25, -0.2) is 13.4 Å². The highest BCUT2D eigenvalue weighted by atomic mass is 32.2. The van der Waals surface area contributed by atoms with E-state index in [0.717, 1.165) is 51.9 Å². The molecule has 1 amide bonds. The third-order valence-electron chi connectivity index (χ3n) is 5.82. The Kier molecular flexibility index (Phi) is 6.80. The van der Waals surface area contributed by atoms with Crippen LogP contribution in [0.3, 0.4) is 0 Å². The molecule has 1 saturated heterocycles. The molecular formula is C22H29N5O4S. The van der Waals surface area contributed by atoms with Crippen LogP contribution in [0.2, 0.25) is 0 Å². The molecule has 32 heavy (non-hydrogen) atoms. The minimum absolute atomic E-state index is 0.0694. The highest BCUT2D eigenvalue weighted by Crippen LogP contribution is 2.26. The van der Waals surface area contributed by atoms with E-state index in [2.05, 4.69) is 25.2 Å². The van der Waals surface area contributed by atoms with E-state index in [1.807, 2.05) is 0 Å². The van der Waals surface area contributed by atoms with Crippen molar-refractivity contribution in [3.8, 4) is 5.75 Å². The number of carbonyl (C=O) groups excluding carboxylic acids is 1. The number of carbonyl (C=O) groups is 1. The van der Waals surface area contributed by atoms with Crippen LogP contribution in [0.5, 0.6) is 5.75 Å². The van der Waals surface area contributed by atoms with Crippen LogP contribution in [0, 0.1) is 0 Å². The van der Waals surface area contributed by atoms with Gasteiger partial charge in [-0.2, -0.15) is 0 Å². The van der Waals surface area contributed by atoms with E-state index in [4.69, 9.17) is 4.74 Å². The molecule has 2 aromatic rings. The van der Waals surface area contributed by atoms with Crippen molar-refractivity contribution in [3.05, 3.63) is 42.1 Å². The summed E-state index contributed by atoms with van der Waals surface area (Å²) in [6, 6.07) is 7.94. The Bertz CT molecular complexity index is 1060. The van der Waals surface area contributed by atoms with Gasteiger partial charge >= 0.3 is 0 Å². The molecule has 4 rings (SSSR count). The molecule has 2 fully saturated rings. The van der Waals surface area contributed by atoms with E-state index in [-0.39, 0.29) is 22.5 Å². The Morgan fingerprint density at radius 3 is 2.66 bits per heavy atom. The summed E-state index contributed by atoms with van der Waals surface area (Å²) >= 11 is 0. The number of methoxy groups -OCH3 is 1. The Morgan fingerprint density at radius 2 is 1.94 bits per heavy atom. The normalized spacial score (nSPS) is 17.2. The summed E-state index contributed by atoms with van der Waals surface area (Å²) in [7, 11) is -2.39. The number of piperazine rings is 1. The fourth-order valence-corrected chi connectivity index (χ4v) is 5.19. The molecule has 3 N–H and O–H groups in total. The molecule has 1 aliphatic carbocycles. The largest absolute Gasteiger partial charge is 0.497 e. The van der Waals surface area contributed by atoms with Gasteiger partial charge in [0.2, 0.25) is 0 Å². The van der Waals surface area contributed by atoms with Crippen LogP contribution in [0.15, 0.2) is 41.4 Å². The third-order valence-corrected chi connectivity index (χ3v) is 7.20. The van der Waals surface area contributed by atoms with E-state index in [9.17, 15) is 13.2 Å². The van der Waals surface area contributed by atoms with Gasteiger partial charge in [0.25, 0.3) is 15.9 Å². The van der Waals surface area contributed by atoms with Crippen molar-refractivity contribution in [3.63, 3.8) is 0 Å². The second kappa shape index (κ2) is 9.74. The number of anilines is 2. The van der Waals surface area contributed by atoms with Gasteiger partial charge < -0.3 is 20.3 Å². The zero-order chi connectivity index (χ0) is 22.6. The van der Waals surface area contributed by atoms with Crippen LogP contribution in [-0.4, -0.2) is 58.6 Å². The molecule has 1 aliphatic heterocycles. The number of nitrogens with one attached hydrogen (secondary N) is 3. The highest BCUT2D eigenvalue weighted by molar-refractivity contribution is 7.92. The van der Waals surface area contributed by atoms with Gasteiger partial charge in [-0.05, 0) is 31.0 Å². The second-order valence-electron chi connectivity index (χ2n) is 8.07. The maximum Gasteiger partial charge on any atom is 0.262 e. The minimum atomic E-state index is -3.87. The first kappa shape index (κ1) is 22.3. The predicted molar refractivity (Wildman–Crippen MR) is 123 cm³/mol. The van der Waals surface area contributed by atoms with Crippen molar-refractivity contribution in [1.29, 1.82) is 0 Å². The molecule has 0 spiro atoms. The van der Waals surface area contributed by atoms with Gasteiger partial charge in [0.15, 0.2) is 0 Å². The lowest BCUT2D eigenvalue weighted by molar-refractivity contribution is 0.0938. The Balaban J connectivity index is 1.62. The molecule has 1 saturated carbocycles. The van der Waals surface area contributed by atoms with Gasteiger partial charge in [-0.15, -0.1) is 0 Å². The monoisotopic (exact) mass is 459 g/mol. The summed E-state index contributed by atoms with van der Waals surface area (Å²) in [5.74, 6) is 0.795. The van der Waals surface area contributed by atoms with Gasteiger partial charge in [-0.3, -0.25) is 9.52 Å². The first-order chi connectivity index (χ1) is 15.5.